The van der Waals surface area contributed by atoms with Gasteiger partial charge in [-0.3, -0.25) is 10.6 Å². The van der Waals surface area contributed by atoms with E-state index in [1.54, 1.807) is 0 Å². The predicted octanol–water partition coefficient (Wildman–Crippen LogP) is -1.17. The van der Waals surface area contributed by atoms with Gasteiger partial charge in [0.15, 0.2) is 0 Å². The van der Waals surface area contributed by atoms with E-state index in [1.807, 2.05) is 0 Å². The highest BCUT2D eigenvalue weighted by Gasteiger charge is 2.11. The van der Waals surface area contributed by atoms with Gasteiger partial charge in [0.25, 0.3) is 0 Å². The Morgan fingerprint density at radius 2 is 2.50 bits per heavy atom. The van der Waals surface area contributed by atoms with E-state index >= 15 is 0 Å². The van der Waals surface area contributed by atoms with E-state index in [9.17, 15) is 4.79 Å². The van der Waals surface area contributed by atoms with Crippen molar-refractivity contribution >= 4 is 18.6 Å². The van der Waals surface area contributed by atoms with E-state index < -0.39 is 12.0 Å². The predicted molar refractivity (Wildman–Crippen MR) is 32.6 cm³/mol. The largest absolute Gasteiger partial charge is 0.480 e. The molecule has 8 heavy (non-hydrogen) atoms. The first kappa shape index (κ1) is 7.74. The maximum absolute atomic E-state index is 9.97. The summed E-state index contributed by atoms with van der Waals surface area (Å²) in [6.07, 6.45) is 0. The quantitative estimate of drug-likeness (QED) is 0.224. The summed E-state index contributed by atoms with van der Waals surface area (Å²) in [5.74, 6) is 4.02. The second-order valence-electron chi connectivity index (χ2n) is 1.24. The summed E-state index contributed by atoms with van der Waals surface area (Å²) in [4.78, 5) is 9.97. The van der Waals surface area contributed by atoms with Crippen LogP contribution < -0.4 is 11.3 Å². The zero-order chi connectivity index (χ0) is 6.57. The molecule has 0 radical (unpaired) electrons. The molecule has 0 heterocycles. The molecule has 1 unspecified atom stereocenters. The summed E-state index contributed by atoms with van der Waals surface area (Å²) < 4.78 is 0. The van der Waals surface area contributed by atoms with Gasteiger partial charge in [-0.1, -0.05) is 0 Å². The van der Waals surface area contributed by atoms with Crippen molar-refractivity contribution < 1.29 is 9.90 Å². The van der Waals surface area contributed by atoms with Gasteiger partial charge in [0.2, 0.25) is 0 Å². The molecule has 1 atom stereocenters. The summed E-state index contributed by atoms with van der Waals surface area (Å²) in [5, 5.41) is 8.18. The van der Waals surface area contributed by atoms with E-state index in [4.69, 9.17) is 10.9 Å². The van der Waals surface area contributed by atoms with Crippen molar-refractivity contribution in [1.82, 2.24) is 5.43 Å². The highest BCUT2D eigenvalue weighted by Crippen LogP contribution is 1.83. The molecule has 0 bridgehead atoms. The number of carboxylic acids is 1. The third kappa shape index (κ3) is 2.15. The number of hydrogen-bond acceptors (Lipinski definition) is 4. The van der Waals surface area contributed by atoms with E-state index in [-0.39, 0.29) is 5.75 Å². The maximum Gasteiger partial charge on any atom is 0.322 e. The molecule has 0 saturated heterocycles. The molecular weight excluding hydrogens is 128 g/mol. The smallest absolute Gasteiger partial charge is 0.322 e. The fourth-order valence-corrected chi connectivity index (χ4v) is 0.464. The van der Waals surface area contributed by atoms with E-state index in [0.717, 1.165) is 0 Å². The van der Waals surface area contributed by atoms with E-state index in [2.05, 4.69) is 18.1 Å². The zero-order valence-electron chi connectivity index (χ0n) is 4.16. The molecule has 5 heteroatoms. The molecule has 0 aliphatic heterocycles. The Labute approximate surface area is 52.4 Å². The van der Waals surface area contributed by atoms with Gasteiger partial charge in [0.05, 0.1) is 0 Å². The average Bonchev–Trinajstić information content (AvgIpc) is 1.69. The Kier molecular flexibility index (Phi) is 3.59. The molecule has 0 aliphatic rings. The number of carbonyl (C=O) groups is 1. The molecule has 0 rings (SSSR count). The number of hydrogen-bond donors (Lipinski definition) is 4. The fourth-order valence-electron chi connectivity index (χ4n) is 0.202. The molecule has 0 saturated carbocycles. The standard InChI is InChI=1S/C3H8N2O2S/c4-5-2(1-8)3(6)7/h2,5,8H,1,4H2,(H,6,7). The second-order valence-corrected chi connectivity index (χ2v) is 1.61. The highest BCUT2D eigenvalue weighted by molar-refractivity contribution is 7.80. The molecule has 4 N–H and O–H groups in total. The van der Waals surface area contributed by atoms with Gasteiger partial charge in [-0.2, -0.15) is 12.6 Å². The van der Waals surface area contributed by atoms with Gasteiger partial charge < -0.3 is 5.11 Å². The van der Waals surface area contributed by atoms with Crippen molar-refractivity contribution in [2.45, 2.75) is 6.04 Å². The molecule has 4 nitrogen and oxygen atoms in total. The molecule has 0 fully saturated rings. The van der Waals surface area contributed by atoms with Crippen LogP contribution in [0.3, 0.4) is 0 Å². The number of rotatable bonds is 3. The molecular formula is C3H8N2O2S. The number of nitrogens with one attached hydrogen (secondary N) is 1. The number of aliphatic carboxylic acids is 1. The summed E-state index contributed by atoms with van der Waals surface area (Å²) in [6.45, 7) is 0. The van der Waals surface area contributed by atoms with Crippen molar-refractivity contribution in [2.24, 2.45) is 5.84 Å². The van der Waals surface area contributed by atoms with Crippen LogP contribution in [0.4, 0.5) is 0 Å². The van der Waals surface area contributed by atoms with E-state index in [1.165, 1.54) is 0 Å². The van der Waals surface area contributed by atoms with Crippen LogP contribution in [0.5, 0.6) is 0 Å². The van der Waals surface area contributed by atoms with Crippen LogP contribution in [0.2, 0.25) is 0 Å². The van der Waals surface area contributed by atoms with Crippen LogP contribution >= 0.6 is 12.6 Å². The number of thiol groups is 1. The maximum atomic E-state index is 9.97. The highest BCUT2D eigenvalue weighted by atomic mass is 32.1. The van der Waals surface area contributed by atoms with Crippen LogP contribution in [-0.4, -0.2) is 22.9 Å². The van der Waals surface area contributed by atoms with Crippen molar-refractivity contribution in [2.75, 3.05) is 5.75 Å². The lowest BCUT2D eigenvalue weighted by molar-refractivity contribution is -0.138. The van der Waals surface area contributed by atoms with Gasteiger partial charge in [0, 0.05) is 5.75 Å². The SMILES string of the molecule is NNC(CS)C(=O)O. The third-order valence-corrected chi connectivity index (χ3v) is 1.05. The second kappa shape index (κ2) is 3.71. The van der Waals surface area contributed by atoms with Crippen molar-refractivity contribution in [1.29, 1.82) is 0 Å². The lowest BCUT2D eigenvalue weighted by Gasteiger charge is -2.04. The van der Waals surface area contributed by atoms with Crippen LogP contribution in [0.15, 0.2) is 0 Å². The minimum Gasteiger partial charge on any atom is -0.480 e. The Hall–Kier alpha value is -0.260. The first-order valence-electron chi connectivity index (χ1n) is 2.02. The topological polar surface area (TPSA) is 75.3 Å². The average molecular weight is 136 g/mol. The van der Waals surface area contributed by atoms with Gasteiger partial charge in [-0.05, 0) is 0 Å². The number of carboxylic acid groups (broad SMARTS) is 1. The van der Waals surface area contributed by atoms with Crippen LogP contribution in [0.1, 0.15) is 0 Å². The summed E-state index contributed by atoms with van der Waals surface area (Å²) in [5.41, 5.74) is 2.08. The van der Waals surface area contributed by atoms with Gasteiger partial charge >= 0.3 is 5.97 Å². The Morgan fingerprint density at radius 1 is 2.00 bits per heavy atom. The van der Waals surface area contributed by atoms with Crippen molar-refractivity contribution in [3.8, 4) is 0 Å². The van der Waals surface area contributed by atoms with Crippen molar-refractivity contribution in [3.05, 3.63) is 0 Å². The molecule has 0 aliphatic carbocycles. The molecule has 48 valence electrons. The minimum atomic E-state index is -0.984. The van der Waals surface area contributed by atoms with Crippen LogP contribution in [0.25, 0.3) is 0 Å². The number of nitrogens with two attached hydrogens (primary N) is 1. The van der Waals surface area contributed by atoms with Crippen LogP contribution in [-0.2, 0) is 4.79 Å². The van der Waals surface area contributed by atoms with Crippen LogP contribution in [0, 0.1) is 0 Å². The lowest BCUT2D eigenvalue weighted by Crippen LogP contribution is -2.42. The Morgan fingerprint density at radius 3 is 2.50 bits per heavy atom. The first-order valence-corrected chi connectivity index (χ1v) is 2.65. The van der Waals surface area contributed by atoms with E-state index in [0.29, 0.717) is 0 Å². The summed E-state index contributed by atoms with van der Waals surface area (Å²) in [7, 11) is 0. The summed E-state index contributed by atoms with van der Waals surface area (Å²) in [6, 6.07) is -0.738. The van der Waals surface area contributed by atoms with Gasteiger partial charge in [-0.15, -0.1) is 0 Å². The lowest BCUT2D eigenvalue weighted by atomic mass is 10.4. The Bertz CT molecular complexity index is 83.4. The van der Waals surface area contributed by atoms with Crippen molar-refractivity contribution in [3.63, 3.8) is 0 Å². The monoisotopic (exact) mass is 136 g/mol. The minimum absolute atomic E-state index is 0.200. The fraction of sp³-hybridized carbons (Fsp3) is 0.667. The molecule has 0 aromatic carbocycles. The normalized spacial score (nSPS) is 13.2. The zero-order valence-corrected chi connectivity index (χ0v) is 5.06. The van der Waals surface area contributed by atoms with Gasteiger partial charge in [-0.25, -0.2) is 5.43 Å². The molecule has 0 amide bonds. The summed E-state index contributed by atoms with van der Waals surface area (Å²) >= 11 is 3.71. The van der Waals surface area contributed by atoms with Gasteiger partial charge in [0.1, 0.15) is 6.04 Å². The molecule has 0 aromatic heterocycles. The molecule has 0 aromatic rings. The number of hydrazine groups is 1. The third-order valence-electron chi connectivity index (χ3n) is 0.682. The first-order chi connectivity index (χ1) is 3.72. The Balaban J connectivity index is 3.52. The molecule has 0 spiro atoms.